The van der Waals surface area contributed by atoms with E-state index in [4.69, 9.17) is 34.4 Å². The minimum atomic E-state index is -0.909. The van der Waals surface area contributed by atoms with Crippen LogP contribution >= 0.6 is 0 Å². The number of amides is 2. The number of hydrogen-bond acceptors (Lipinski definition) is 14. The second kappa shape index (κ2) is 24.6. The molecule has 0 saturated carbocycles. The van der Waals surface area contributed by atoms with Gasteiger partial charge in [-0.2, -0.15) is 9.97 Å². The molecule has 90 heavy (non-hydrogen) atoms. The third-order valence-electron chi connectivity index (χ3n) is 17.8. The highest BCUT2D eigenvalue weighted by molar-refractivity contribution is 5.93. The molecular weight excluding hydrogens is 1160 g/mol. The van der Waals surface area contributed by atoms with Crippen molar-refractivity contribution in [3.8, 4) is 45.4 Å². The predicted octanol–water partition coefficient (Wildman–Crippen LogP) is 10.7. The number of aromatic nitrogens is 8. The van der Waals surface area contributed by atoms with E-state index >= 15 is 22.4 Å². The fourth-order valence-corrected chi connectivity index (χ4v) is 13.4. The van der Waals surface area contributed by atoms with Crippen molar-refractivity contribution < 1.29 is 36.6 Å². The summed E-state index contributed by atoms with van der Waals surface area (Å²) in [6, 6.07) is 12.5. The first-order valence-electron chi connectivity index (χ1n) is 30.8. The SMILES string of the molecule is C=CC(=O)N1CCN(c2nc(=O)n3c4nc(c(F)cc24)-c2c(F)cc(CC(C)c4nccc5c4-n4c(=O)nc(N6CCN(C(=O)C=C)C[C@@H]6C)c6cc(F)c(nc64)-c4c(F)cccc4O[C@@H](C)CCC5)cc2O[C@H](C)CCCc2ccnc(C(C)C)c2-3)[C@@H](C)C1. The highest BCUT2D eigenvalue weighted by Crippen LogP contribution is 2.43. The number of ether oxygens (including phenoxy) is 2. The molecule has 10 heterocycles. The Morgan fingerprint density at radius 1 is 0.611 bits per heavy atom. The summed E-state index contributed by atoms with van der Waals surface area (Å²) < 4.78 is 84.7. The Bertz CT molecular complexity index is 4360. The quantitative estimate of drug-likeness (QED) is 0.103. The van der Waals surface area contributed by atoms with Gasteiger partial charge in [0.2, 0.25) is 11.8 Å². The molecule has 12 rings (SSSR count). The van der Waals surface area contributed by atoms with Crippen LogP contribution in [0, 0.1) is 23.3 Å². The molecule has 6 aromatic heterocycles. The first-order chi connectivity index (χ1) is 43.2. The summed E-state index contributed by atoms with van der Waals surface area (Å²) in [4.78, 5) is 91.7. The van der Waals surface area contributed by atoms with Crippen molar-refractivity contribution in [2.45, 2.75) is 130 Å². The monoisotopic (exact) mass is 1230 g/mol. The van der Waals surface area contributed by atoms with Gasteiger partial charge in [-0.05, 0) is 156 Å². The van der Waals surface area contributed by atoms with Gasteiger partial charge >= 0.3 is 11.4 Å². The van der Waals surface area contributed by atoms with Crippen LogP contribution in [0.5, 0.6) is 11.5 Å². The van der Waals surface area contributed by atoms with E-state index in [-0.39, 0.29) is 126 Å². The Morgan fingerprint density at radius 3 is 1.60 bits per heavy atom. The molecule has 2 fully saturated rings. The zero-order valence-corrected chi connectivity index (χ0v) is 51.4. The van der Waals surface area contributed by atoms with Crippen LogP contribution in [-0.4, -0.2) is 124 Å². The first kappa shape index (κ1) is 60.9. The van der Waals surface area contributed by atoms with Crippen LogP contribution in [0.2, 0.25) is 0 Å². The van der Waals surface area contributed by atoms with Crippen molar-refractivity contribution >= 4 is 45.5 Å². The van der Waals surface area contributed by atoms with Crippen LogP contribution < -0.4 is 30.7 Å². The van der Waals surface area contributed by atoms with E-state index in [1.165, 1.54) is 51.6 Å². The Kier molecular flexibility index (Phi) is 16.6. The molecule has 8 aromatic rings. The minimum absolute atomic E-state index is 0.00228. The summed E-state index contributed by atoms with van der Waals surface area (Å²) in [6.45, 7) is 22.1. The summed E-state index contributed by atoms with van der Waals surface area (Å²) in [5.74, 6) is -4.43. The molecule has 0 spiro atoms. The number of nitrogens with zero attached hydrogens (tertiary/aromatic N) is 12. The van der Waals surface area contributed by atoms with E-state index in [1.54, 1.807) is 40.4 Å². The number of aryl methyl sites for hydroxylation is 2. The summed E-state index contributed by atoms with van der Waals surface area (Å²) >= 11 is 0. The first-order valence-corrected chi connectivity index (χ1v) is 30.8. The third-order valence-corrected chi connectivity index (χ3v) is 17.8. The van der Waals surface area contributed by atoms with Crippen molar-refractivity contribution in [3.05, 3.63) is 165 Å². The zero-order valence-electron chi connectivity index (χ0n) is 51.4. The van der Waals surface area contributed by atoms with Gasteiger partial charge in [0.05, 0.1) is 56.9 Å². The fourth-order valence-electron chi connectivity index (χ4n) is 13.4. The number of halogens is 4. The van der Waals surface area contributed by atoms with Gasteiger partial charge in [-0.15, -0.1) is 0 Å². The third kappa shape index (κ3) is 11.1. The molecule has 2 aromatic carbocycles. The predicted molar refractivity (Wildman–Crippen MR) is 336 cm³/mol. The average Bonchev–Trinajstić information content (AvgIpc) is 0.858. The summed E-state index contributed by atoms with van der Waals surface area (Å²) in [5, 5.41) is 0.327. The van der Waals surface area contributed by atoms with Gasteiger partial charge in [0.25, 0.3) is 0 Å². The lowest BCUT2D eigenvalue weighted by Gasteiger charge is -2.40. The molecule has 4 aliphatic rings. The second-order valence-corrected chi connectivity index (χ2v) is 24.4. The maximum absolute atomic E-state index is 17.9. The molecule has 18 nitrogen and oxygen atoms in total. The van der Waals surface area contributed by atoms with Crippen LogP contribution in [0.1, 0.15) is 114 Å². The van der Waals surface area contributed by atoms with Gasteiger partial charge in [0.15, 0.2) is 22.9 Å². The summed E-state index contributed by atoms with van der Waals surface area (Å²) in [6.07, 6.45) is 7.81. The van der Waals surface area contributed by atoms with Crippen molar-refractivity contribution in [1.29, 1.82) is 0 Å². The molecule has 0 radical (unpaired) electrons. The minimum Gasteiger partial charge on any atom is -0.490 e. The fraction of sp³-hybridized carbons (Fsp3) is 0.382. The Morgan fingerprint density at radius 2 is 1.10 bits per heavy atom. The van der Waals surface area contributed by atoms with Crippen LogP contribution in [0.3, 0.4) is 0 Å². The summed E-state index contributed by atoms with van der Waals surface area (Å²) in [7, 11) is 0. The molecule has 4 bridgehead atoms. The number of benzene rings is 2. The molecule has 0 N–H and O–H groups in total. The smallest absolute Gasteiger partial charge is 0.355 e. The number of piperazine rings is 2. The van der Waals surface area contributed by atoms with Gasteiger partial charge in [0, 0.05) is 69.7 Å². The molecule has 4 aliphatic heterocycles. The Balaban J connectivity index is 1.02. The highest BCUT2D eigenvalue weighted by Gasteiger charge is 2.36. The van der Waals surface area contributed by atoms with E-state index in [1.807, 2.05) is 64.3 Å². The van der Waals surface area contributed by atoms with E-state index in [0.29, 0.717) is 72.4 Å². The van der Waals surface area contributed by atoms with Gasteiger partial charge in [-0.25, -0.2) is 46.3 Å². The van der Waals surface area contributed by atoms with E-state index in [9.17, 15) is 14.4 Å². The van der Waals surface area contributed by atoms with E-state index < -0.39 is 70.2 Å². The lowest BCUT2D eigenvalue weighted by molar-refractivity contribution is -0.127. The molecule has 466 valence electrons. The van der Waals surface area contributed by atoms with Crippen LogP contribution in [0.25, 0.3) is 56.0 Å². The maximum Gasteiger partial charge on any atom is 0.355 e. The molecule has 1 unspecified atom stereocenters. The highest BCUT2D eigenvalue weighted by atomic mass is 19.1. The van der Waals surface area contributed by atoms with Gasteiger partial charge < -0.3 is 29.1 Å². The van der Waals surface area contributed by atoms with Crippen LogP contribution in [0.4, 0.5) is 29.2 Å². The number of fused-ring (bicyclic) bond motifs is 10. The van der Waals surface area contributed by atoms with E-state index in [2.05, 4.69) is 18.1 Å². The normalized spacial score (nSPS) is 19.0. The van der Waals surface area contributed by atoms with Crippen molar-refractivity contribution in [2.24, 2.45) is 0 Å². The standard InChI is InChI=1S/C68H70F4N12O6/c1-10-53(85)79-25-27-81(38(6)34-79)63-45-33-50(72)60-56-48(70)30-42(31-52(56)90-41(9)16-13-17-43-21-23-73-57(36(3)4)61(43)83(65(45)76-60)67(87)77-63)29-37(5)58-62-44(22-24-74-58)18-12-15-40(8)89-51-20-14-19-47(69)55(51)59-49(71)32-46-64(78-68(88)84(62)66(46)75-59)82-28-26-80(35-39(82)7)54(86)11-2/h10-11,14,19-24,30-33,36-41H,1-2,12-13,15-18,25-29,34-35H2,3-9H3/t37?,38-,39-,40-,41+/m0/s1. The van der Waals surface area contributed by atoms with Gasteiger partial charge in [-0.3, -0.25) is 19.6 Å². The lowest BCUT2D eigenvalue weighted by atomic mass is 9.92. The number of carbonyl (C=O) groups excluding carboxylic acids is 2. The molecular formula is C68H70F4N12O6. The van der Waals surface area contributed by atoms with Crippen molar-refractivity contribution in [3.63, 3.8) is 0 Å². The molecule has 5 atom stereocenters. The van der Waals surface area contributed by atoms with E-state index in [0.717, 1.165) is 5.56 Å². The Hall–Kier alpha value is -9.34. The number of carbonyl (C=O) groups is 2. The van der Waals surface area contributed by atoms with Gasteiger partial charge in [0.1, 0.15) is 46.2 Å². The molecule has 2 saturated heterocycles. The number of hydrogen-bond donors (Lipinski definition) is 0. The second-order valence-electron chi connectivity index (χ2n) is 24.4. The lowest BCUT2D eigenvalue weighted by Crippen LogP contribution is -2.54. The molecule has 22 heteroatoms. The average molecular weight is 1230 g/mol. The number of pyridine rings is 4. The van der Waals surface area contributed by atoms with Crippen LogP contribution in [0.15, 0.2) is 102 Å². The number of anilines is 2. The zero-order chi connectivity index (χ0) is 63.6. The topological polar surface area (TPSA) is 187 Å². The number of rotatable bonds is 8. The summed E-state index contributed by atoms with van der Waals surface area (Å²) in [5.41, 5.74) is 0.821. The van der Waals surface area contributed by atoms with Gasteiger partial charge in [-0.1, -0.05) is 40.0 Å². The Labute approximate surface area is 517 Å². The largest absolute Gasteiger partial charge is 0.490 e. The molecule has 2 amide bonds. The molecule has 0 aliphatic carbocycles. The van der Waals surface area contributed by atoms with Crippen LogP contribution in [-0.2, 0) is 28.9 Å². The van der Waals surface area contributed by atoms with Crippen molar-refractivity contribution in [1.82, 2.24) is 48.8 Å². The van der Waals surface area contributed by atoms with Crippen molar-refractivity contribution in [2.75, 3.05) is 49.1 Å². The maximum atomic E-state index is 17.9.